The summed E-state index contributed by atoms with van der Waals surface area (Å²) in [5, 5.41) is 0.187. The van der Waals surface area contributed by atoms with E-state index >= 15 is 0 Å². The summed E-state index contributed by atoms with van der Waals surface area (Å²) in [7, 11) is 1.73. The van der Waals surface area contributed by atoms with Crippen LogP contribution in [0.25, 0.3) is 5.69 Å². The van der Waals surface area contributed by atoms with Gasteiger partial charge in [0.05, 0.1) is 11.4 Å². The van der Waals surface area contributed by atoms with E-state index < -0.39 is 0 Å². The summed E-state index contributed by atoms with van der Waals surface area (Å²) in [6.07, 6.45) is 0. The highest BCUT2D eigenvalue weighted by Gasteiger charge is 2.13. The lowest BCUT2D eigenvalue weighted by Gasteiger charge is -2.07. The van der Waals surface area contributed by atoms with Gasteiger partial charge in [-0.3, -0.25) is 9.48 Å². The Hall–Kier alpha value is -1.55. The summed E-state index contributed by atoms with van der Waals surface area (Å²) in [5.74, 6) is -0.339. The second-order valence-corrected chi connectivity index (χ2v) is 3.89. The molecule has 3 nitrogen and oxygen atoms in total. The Morgan fingerprint density at radius 1 is 1.25 bits per heavy atom. The molecule has 0 amide bonds. The largest absolute Gasteiger partial charge is 0.290 e. The first kappa shape index (κ1) is 11.0. The van der Waals surface area contributed by atoms with Crippen LogP contribution >= 0.6 is 11.6 Å². The van der Waals surface area contributed by atoms with Crippen molar-refractivity contribution >= 4 is 11.6 Å². The molecule has 5 heteroatoms. The van der Waals surface area contributed by atoms with Crippen molar-refractivity contribution in [2.45, 2.75) is 6.92 Å². The van der Waals surface area contributed by atoms with E-state index in [1.807, 2.05) is 0 Å². The molecule has 2 rings (SSSR count). The highest BCUT2D eigenvalue weighted by Crippen LogP contribution is 2.14. The van der Waals surface area contributed by atoms with Crippen molar-refractivity contribution in [2.75, 3.05) is 0 Å². The monoisotopic (exact) mass is 240 g/mol. The van der Waals surface area contributed by atoms with Gasteiger partial charge in [0.15, 0.2) is 0 Å². The van der Waals surface area contributed by atoms with Gasteiger partial charge >= 0.3 is 0 Å². The third-order valence-electron chi connectivity index (χ3n) is 2.55. The van der Waals surface area contributed by atoms with Gasteiger partial charge in [0.1, 0.15) is 10.8 Å². The van der Waals surface area contributed by atoms with Gasteiger partial charge in [0.25, 0.3) is 5.56 Å². The summed E-state index contributed by atoms with van der Waals surface area (Å²) in [4.78, 5) is 11.8. The molecule has 0 spiro atoms. The van der Waals surface area contributed by atoms with Gasteiger partial charge in [0, 0.05) is 7.05 Å². The second-order valence-electron chi connectivity index (χ2n) is 3.52. The van der Waals surface area contributed by atoms with Crippen molar-refractivity contribution in [1.82, 2.24) is 9.36 Å². The van der Waals surface area contributed by atoms with E-state index in [1.54, 1.807) is 18.7 Å². The predicted molar refractivity (Wildman–Crippen MR) is 60.7 cm³/mol. The highest BCUT2D eigenvalue weighted by atomic mass is 35.5. The Kier molecular flexibility index (Phi) is 2.59. The SMILES string of the molecule is Cc1c(Cl)c(=O)n(-c2ccc(F)cc2)n1C. The van der Waals surface area contributed by atoms with Crippen molar-refractivity contribution in [3.05, 3.63) is 51.2 Å². The molecule has 1 aromatic carbocycles. The molecule has 1 heterocycles. The molecule has 1 aromatic heterocycles. The van der Waals surface area contributed by atoms with E-state index in [9.17, 15) is 9.18 Å². The molecule has 0 bridgehead atoms. The van der Waals surface area contributed by atoms with Crippen molar-refractivity contribution in [3.63, 3.8) is 0 Å². The molecule has 0 unspecified atom stereocenters. The minimum atomic E-state index is -0.339. The van der Waals surface area contributed by atoms with Crippen molar-refractivity contribution in [2.24, 2.45) is 7.05 Å². The maximum absolute atomic E-state index is 12.8. The van der Waals surface area contributed by atoms with Crippen LogP contribution in [0.2, 0.25) is 5.02 Å². The van der Waals surface area contributed by atoms with E-state index in [-0.39, 0.29) is 16.4 Å². The molecule has 0 fully saturated rings. The maximum atomic E-state index is 12.8. The molecule has 0 saturated carbocycles. The quantitative estimate of drug-likeness (QED) is 0.751. The Bertz CT molecular complexity index is 583. The molecule has 0 aliphatic rings. The fraction of sp³-hybridized carbons (Fsp3) is 0.182. The lowest BCUT2D eigenvalue weighted by Crippen LogP contribution is -2.19. The van der Waals surface area contributed by atoms with Crippen LogP contribution < -0.4 is 5.56 Å². The van der Waals surface area contributed by atoms with Crippen molar-refractivity contribution in [1.29, 1.82) is 0 Å². The summed E-state index contributed by atoms with van der Waals surface area (Å²) < 4.78 is 15.8. The minimum absolute atomic E-state index is 0.187. The lowest BCUT2D eigenvalue weighted by molar-refractivity contribution is 0.615. The lowest BCUT2D eigenvalue weighted by atomic mass is 10.3. The van der Waals surface area contributed by atoms with E-state index in [0.29, 0.717) is 11.4 Å². The van der Waals surface area contributed by atoms with Crippen LogP contribution in [0.3, 0.4) is 0 Å². The minimum Gasteiger partial charge on any atom is -0.284 e. The smallest absolute Gasteiger partial charge is 0.284 e. The molecule has 0 saturated heterocycles. The fourth-order valence-electron chi connectivity index (χ4n) is 1.55. The van der Waals surface area contributed by atoms with Crippen LogP contribution in [0.1, 0.15) is 5.69 Å². The Morgan fingerprint density at radius 3 is 2.25 bits per heavy atom. The zero-order chi connectivity index (χ0) is 11.9. The standard InChI is InChI=1S/C11H10ClFN2O/c1-7-10(12)11(16)15(14(7)2)9-5-3-8(13)4-6-9/h3-6H,1-2H3. The van der Waals surface area contributed by atoms with E-state index in [0.717, 1.165) is 0 Å². The Morgan fingerprint density at radius 2 is 1.81 bits per heavy atom. The number of halogens is 2. The van der Waals surface area contributed by atoms with Crippen LogP contribution in [0.4, 0.5) is 4.39 Å². The first-order valence-electron chi connectivity index (χ1n) is 4.72. The normalized spacial score (nSPS) is 10.8. The van der Waals surface area contributed by atoms with E-state index in [1.165, 1.54) is 28.9 Å². The number of aromatic nitrogens is 2. The van der Waals surface area contributed by atoms with Crippen LogP contribution in [0.15, 0.2) is 29.1 Å². The third-order valence-corrected chi connectivity index (χ3v) is 2.99. The first-order chi connectivity index (χ1) is 7.52. The van der Waals surface area contributed by atoms with Crippen LogP contribution in [0, 0.1) is 12.7 Å². The summed E-state index contributed by atoms with van der Waals surface area (Å²) >= 11 is 5.86. The topological polar surface area (TPSA) is 26.9 Å². The van der Waals surface area contributed by atoms with E-state index in [2.05, 4.69) is 0 Å². The van der Waals surface area contributed by atoms with Crippen LogP contribution in [-0.4, -0.2) is 9.36 Å². The van der Waals surface area contributed by atoms with Gasteiger partial charge in [0.2, 0.25) is 0 Å². The van der Waals surface area contributed by atoms with Gasteiger partial charge in [-0.25, -0.2) is 9.07 Å². The number of nitrogens with zero attached hydrogens (tertiary/aromatic N) is 2. The molecular weight excluding hydrogens is 231 g/mol. The van der Waals surface area contributed by atoms with Gasteiger partial charge < -0.3 is 0 Å². The van der Waals surface area contributed by atoms with Crippen molar-refractivity contribution in [3.8, 4) is 5.69 Å². The fourth-order valence-corrected chi connectivity index (χ4v) is 1.75. The zero-order valence-corrected chi connectivity index (χ0v) is 9.62. The summed E-state index contributed by atoms with van der Waals surface area (Å²) in [5.41, 5.74) is 0.966. The van der Waals surface area contributed by atoms with Gasteiger partial charge in [-0.05, 0) is 31.2 Å². The molecule has 84 valence electrons. The average Bonchev–Trinajstić information content (AvgIpc) is 2.46. The molecule has 2 aromatic rings. The van der Waals surface area contributed by atoms with Gasteiger partial charge in [-0.2, -0.15) is 0 Å². The molecule has 16 heavy (non-hydrogen) atoms. The summed E-state index contributed by atoms with van der Waals surface area (Å²) in [6.45, 7) is 1.75. The average molecular weight is 241 g/mol. The number of hydrogen-bond acceptors (Lipinski definition) is 1. The second kappa shape index (κ2) is 3.79. The predicted octanol–water partition coefficient (Wildman–Crippen LogP) is 2.28. The first-order valence-corrected chi connectivity index (χ1v) is 5.10. The van der Waals surface area contributed by atoms with Gasteiger partial charge in [-0.1, -0.05) is 11.6 Å². The number of rotatable bonds is 1. The molecule has 0 aliphatic heterocycles. The molecule has 0 aliphatic carbocycles. The highest BCUT2D eigenvalue weighted by molar-refractivity contribution is 6.31. The van der Waals surface area contributed by atoms with Crippen molar-refractivity contribution < 1.29 is 4.39 Å². The maximum Gasteiger partial charge on any atom is 0.290 e. The summed E-state index contributed by atoms with van der Waals surface area (Å²) in [6, 6.07) is 5.68. The zero-order valence-electron chi connectivity index (χ0n) is 8.87. The number of benzene rings is 1. The van der Waals surface area contributed by atoms with Crippen LogP contribution in [0.5, 0.6) is 0 Å². The van der Waals surface area contributed by atoms with Gasteiger partial charge in [-0.15, -0.1) is 0 Å². The molecular formula is C11H10ClFN2O. The molecule has 0 radical (unpaired) electrons. The molecule has 0 atom stereocenters. The third kappa shape index (κ3) is 1.55. The molecule has 0 N–H and O–H groups in total. The van der Waals surface area contributed by atoms with E-state index in [4.69, 9.17) is 11.6 Å². The Balaban J connectivity index is 2.70. The number of hydrogen-bond donors (Lipinski definition) is 0. The van der Waals surface area contributed by atoms with Crippen LogP contribution in [-0.2, 0) is 7.05 Å². The Labute approximate surface area is 96.7 Å².